The molecular weight excluding hydrogens is 136 g/mol. The lowest BCUT2D eigenvalue weighted by Gasteiger charge is -2.22. The number of Topliss-reactive ketones (excluding diaryl/α,β-unsaturated/α-hetero) is 1. The molecule has 0 aromatic carbocycles. The van der Waals surface area contributed by atoms with Crippen LogP contribution in [0.5, 0.6) is 0 Å². The second kappa shape index (κ2) is 2.33. The molecule has 0 heterocycles. The monoisotopic (exact) mass is 150 g/mol. The first-order chi connectivity index (χ1) is 4.92. The largest absolute Gasteiger partial charge is 0.289 e. The van der Waals surface area contributed by atoms with Crippen molar-refractivity contribution >= 4 is 5.78 Å². The van der Waals surface area contributed by atoms with Crippen LogP contribution in [-0.2, 0) is 4.79 Å². The Morgan fingerprint density at radius 1 is 1.09 bits per heavy atom. The number of rotatable bonds is 0. The molecule has 0 aromatic heterocycles. The average Bonchev–Trinajstić information content (AvgIpc) is 1.81. The van der Waals surface area contributed by atoms with E-state index in [-0.39, 0.29) is 11.2 Å². The van der Waals surface area contributed by atoms with Crippen molar-refractivity contribution in [3.05, 3.63) is 23.3 Å². The lowest BCUT2D eigenvalue weighted by atomic mass is 9.82. The molecule has 0 unspecified atom stereocenters. The molecule has 1 heteroatoms. The maximum atomic E-state index is 11.3. The summed E-state index contributed by atoms with van der Waals surface area (Å²) in [6.07, 6.45) is 4.03. The summed E-state index contributed by atoms with van der Waals surface area (Å²) in [5.41, 5.74) is 1.80. The molecule has 0 amide bonds. The Balaban J connectivity index is 3.08. The molecule has 0 aromatic rings. The fourth-order valence-corrected chi connectivity index (χ4v) is 1.60. The smallest absolute Gasteiger partial charge is 0.183 e. The standard InChI is InChI=1S/C10H14O/c1-7-5-10(3,4)6-8(2)9(7)11/h5-6H,1-4H3. The fourth-order valence-electron chi connectivity index (χ4n) is 1.60. The van der Waals surface area contributed by atoms with Gasteiger partial charge in [-0.15, -0.1) is 0 Å². The molecule has 0 spiro atoms. The van der Waals surface area contributed by atoms with E-state index in [9.17, 15) is 4.79 Å². The van der Waals surface area contributed by atoms with E-state index < -0.39 is 0 Å². The zero-order valence-electron chi connectivity index (χ0n) is 7.56. The van der Waals surface area contributed by atoms with Crippen molar-refractivity contribution < 1.29 is 4.79 Å². The third kappa shape index (κ3) is 1.59. The van der Waals surface area contributed by atoms with E-state index in [0.717, 1.165) is 11.1 Å². The Hall–Kier alpha value is -0.850. The molecule has 1 nitrogen and oxygen atoms in total. The van der Waals surface area contributed by atoms with Crippen LogP contribution in [0.2, 0.25) is 0 Å². The predicted octanol–water partition coefficient (Wildman–Crippen LogP) is 2.49. The quantitative estimate of drug-likeness (QED) is 0.518. The highest BCUT2D eigenvalue weighted by molar-refractivity contribution is 6.08. The maximum absolute atomic E-state index is 11.3. The molecule has 0 saturated carbocycles. The Morgan fingerprint density at radius 3 is 1.82 bits per heavy atom. The summed E-state index contributed by atoms with van der Waals surface area (Å²) in [5, 5.41) is 0. The van der Waals surface area contributed by atoms with Crippen LogP contribution in [0, 0.1) is 5.41 Å². The number of allylic oxidation sites excluding steroid dienone is 4. The summed E-state index contributed by atoms with van der Waals surface area (Å²) in [4.78, 5) is 11.3. The van der Waals surface area contributed by atoms with Crippen molar-refractivity contribution in [2.45, 2.75) is 27.7 Å². The minimum Gasteiger partial charge on any atom is -0.289 e. The van der Waals surface area contributed by atoms with Crippen molar-refractivity contribution in [2.24, 2.45) is 5.41 Å². The van der Waals surface area contributed by atoms with Crippen LogP contribution < -0.4 is 0 Å². The van der Waals surface area contributed by atoms with Gasteiger partial charge < -0.3 is 0 Å². The molecule has 1 aliphatic rings. The van der Waals surface area contributed by atoms with E-state index in [4.69, 9.17) is 0 Å². The van der Waals surface area contributed by atoms with Crippen LogP contribution in [0.3, 0.4) is 0 Å². The van der Waals surface area contributed by atoms with Gasteiger partial charge in [-0.1, -0.05) is 26.0 Å². The molecule has 1 aliphatic carbocycles. The Morgan fingerprint density at radius 2 is 1.45 bits per heavy atom. The molecule has 0 fully saturated rings. The molecule has 0 radical (unpaired) electrons. The van der Waals surface area contributed by atoms with Gasteiger partial charge in [0.2, 0.25) is 0 Å². The highest BCUT2D eigenvalue weighted by atomic mass is 16.1. The Bertz CT molecular complexity index is 230. The number of ketones is 1. The number of hydrogen-bond donors (Lipinski definition) is 0. The zero-order valence-corrected chi connectivity index (χ0v) is 7.56. The van der Waals surface area contributed by atoms with E-state index in [1.54, 1.807) is 0 Å². The fraction of sp³-hybridized carbons (Fsp3) is 0.500. The van der Waals surface area contributed by atoms with E-state index in [2.05, 4.69) is 13.8 Å². The van der Waals surface area contributed by atoms with E-state index in [0.29, 0.717) is 0 Å². The van der Waals surface area contributed by atoms with Crippen LogP contribution in [0.25, 0.3) is 0 Å². The molecule has 0 N–H and O–H groups in total. The van der Waals surface area contributed by atoms with Gasteiger partial charge in [0.25, 0.3) is 0 Å². The molecular formula is C10H14O. The first-order valence-electron chi connectivity index (χ1n) is 3.86. The van der Waals surface area contributed by atoms with Gasteiger partial charge in [-0.3, -0.25) is 4.79 Å². The summed E-state index contributed by atoms with van der Waals surface area (Å²) < 4.78 is 0. The molecule has 0 bridgehead atoms. The molecule has 1 rings (SSSR count). The molecule has 60 valence electrons. The number of carbonyl (C=O) groups excluding carboxylic acids is 1. The van der Waals surface area contributed by atoms with Gasteiger partial charge in [0.05, 0.1) is 0 Å². The summed E-state index contributed by atoms with van der Waals surface area (Å²) in [6, 6.07) is 0. The second-order valence-electron chi connectivity index (χ2n) is 3.81. The molecule has 0 saturated heterocycles. The minimum atomic E-state index is 0.0576. The minimum absolute atomic E-state index is 0.0576. The van der Waals surface area contributed by atoms with Crippen molar-refractivity contribution in [1.29, 1.82) is 0 Å². The number of hydrogen-bond acceptors (Lipinski definition) is 1. The SMILES string of the molecule is CC1=CC(C)(C)C=C(C)C1=O. The normalized spacial score (nSPS) is 22.7. The first kappa shape index (κ1) is 8.25. The molecule has 0 aliphatic heterocycles. The van der Waals surface area contributed by atoms with Crippen LogP contribution in [0.15, 0.2) is 23.3 Å². The van der Waals surface area contributed by atoms with Crippen LogP contribution >= 0.6 is 0 Å². The van der Waals surface area contributed by atoms with Gasteiger partial charge in [0.1, 0.15) is 0 Å². The number of carbonyl (C=O) groups is 1. The Kier molecular flexibility index (Phi) is 1.75. The lowest BCUT2D eigenvalue weighted by Crippen LogP contribution is -2.16. The van der Waals surface area contributed by atoms with Gasteiger partial charge in [-0.25, -0.2) is 0 Å². The van der Waals surface area contributed by atoms with Crippen molar-refractivity contribution in [3.8, 4) is 0 Å². The van der Waals surface area contributed by atoms with Gasteiger partial charge in [-0.05, 0) is 25.0 Å². The van der Waals surface area contributed by atoms with Crippen LogP contribution in [-0.4, -0.2) is 5.78 Å². The van der Waals surface area contributed by atoms with Gasteiger partial charge in [-0.2, -0.15) is 0 Å². The summed E-state index contributed by atoms with van der Waals surface area (Å²) in [5.74, 6) is 0.185. The molecule has 0 atom stereocenters. The zero-order chi connectivity index (χ0) is 8.65. The van der Waals surface area contributed by atoms with Gasteiger partial charge in [0.15, 0.2) is 5.78 Å². The maximum Gasteiger partial charge on any atom is 0.183 e. The molecule has 11 heavy (non-hydrogen) atoms. The van der Waals surface area contributed by atoms with Crippen molar-refractivity contribution in [2.75, 3.05) is 0 Å². The van der Waals surface area contributed by atoms with Crippen molar-refractivity contribution in [3.63, 3.8) is 0 Å². The van der Waals surface area contributed by atoms with E-state index >= 15 is 0 Å². The van der Waals surface area contributed by atoms with E-state index in [1.165, 1.54) is 0 Å². The van der Waals surface area contributed by atoms with Crippen LogP contribution in [0.4, 0.5) is 0 Å². The highest BCUT2D eigenvalue weighted by Gasteiger charge is 2.21. The summed E-state index contributed by atoms with van der Waals surface area (Å²) in [6.45, 7) is 7.96. The highest BCUT2D eigenvalue weighted by Crippen LogP contribution is 2.28. The summed E-state index contributed by atoms with van der Waals surface area (Å²) >= 11 is 0. The third-order valence-electron chi connectivity index (χ3n) is 1.89. The lowest BCUT2D eigenvalue weighted by molar-refractivity contribution is -0.112. The predicted molar refractivity (Wildman–Crippen MR) is 46.3 cm³/mol. The van der Waals surface area contributed by atoms with Gasteiger partial charge >= 0.3 is 0 Å². The second-order valence-corrected chi connectivity index (χ2v) is 3.81. The van der Waals surface area contributed by atoms with Crippen molar-refractivity contribution in [1.82, 2.24) is 0 Å². The summed E-state index contributed by atoms with van der Waals surface area (Å²) in [7, 11) is 0. The topological polar surface area (TPSA) is 17.1 Å². The third-order valence-corrected chi connectivity index (χ3v) is 1.89. The van der Waals surface area contributed by atoms with E-state index in [1.807, 2.05) is 26.0 Å². The van der Waals surface area contributed by atoms with Crippen LogP contribution in [0.1, 0.15) is 27.7 Å². The Labute approximate surface area is 67.8 Å². The van der Waals surface area contributed by atoms with Gasteiger partial charge in [0, 0.05) is 5.41 Å². The average molecular weight is 150 g/mol. The first-order valence-corrected chi connectivity index (χ1v) is 3.86.